The van der Waals surface area contributed by atoms with Crippen molar-refractivity contribution in [3.8, 4) is 0 Å². The Morgan fingerprint density at radius 1 is 1.40 bits per heavy atom. The quantitative estimate of drug-likeness (QED) is 0.423. The molecule has 0 unspecified atom stereocenters. The summed E-state index contributed by atoms with van der Waals surface area (Å²) in [6.07, 6.45) is 4.79. The maximum Gasteiger partial charge on any atom is 0.534 e. The van der Waals surface area contributed by atoms with E-state index in [0.717, 1.165) is 6.42 Å². The standard InChI is InChI=1S/C16H21F3O5S/c1-3-6-14-12(9-11(2)10-15(14)22-7-8-23-15)4-5-13(14)24-25(20,21)16(17,18)19/h3,5,11-12H,1,4,6-10H2,2H3/t11-,12-,14+/m1/s1. The molecule has 3 rings (SSSR count). The van der Waals surface area contributed by atoms with Crippen molar-refractivity contribution in [1.29, 1.82) is 0 Å². The molecule has 0 bridgehead atoms. The van der Waals surface area contributed by atoms with Crippen molar-refractivity contribution >= 4 is 10.1 Å². The highest BCUT2D eigenvalue weighted by molar-refractivity contribution is 7.87. The predicted molar refractivity (Wildman–Crippen MR) is 82.5 cm³/mol. The molecule has 2 aliphatic carbocycles. The molecule has 0 aromatic rings. The van der Waals surface area contributed by atoms with Crippen molar-refractivity contribution in [3.05, 3.63) is 24.5 Å². The fourth-order valence-corrected chi connectivity index (χ4v) is 5.14. The first-order valence-electron chi connectivity index (χ1n) is 8.18. The molecule has 25 heavy (non-hydrogen) atoms. The molecule has 1 saturated carbocycles. The molecule has 3 aliphatic rings. The minimum absolute atomic E-state index is 0.134. The Hall–Kier alpha value is -1.06. The second-order valence-corrected chi connectivity index (χ2v) is 8.48. The van der Waals surface area contributed by atoms with E-state index in [0.29, 0.717) is 26.1 Å². The molecule has 1 saturated heterocycles. The molecule has 0 amide bonds. The normalized spacial score (nSPS) is 34.6. The van der Waals surface area contributed by atoms with Crippen LogP contribution in [0.4, 0.5) is 13.2 Å². The van der Waals surface area contributed by atoms with E-state index in [2.05, 4.69) is 10.8 Å². The second-order valence-electron chi connectivity index (χ2n) is 6.94. The lowest BCUT2D eigenvalue weighted by Gasteiger charge is -2.53. The largest absolute Gasteiger partial charge is 0.534 e. The van der Waals surface area contributed by atoms with Gasteiger partial charge in [0.25, 0.3) is 0 Å². The highest BCUT2D eigenvalue weighted by atomic mass is 32.2. The van der Waals surface area contributed by atoms with Gasteiger partial charge in [-0.1, -0.05) is 13.0 Å². The van der Waals surface area contributed by atoms with Gasteiger partial charge in [0.15, 0.2) is 5.79 Å². The molecule has 1 heterocycles. The minimum atomic E-state index is -5.76. The predicted octanol–water partition coefficient (Wildman–Crippen LogP) is 3.49. The number of fused-ring (bicyclic) bond motifs is 2. The molecule has 9 heteroatoms. The molecular formula is C16H21F3O5S. The Bertz CT molecular complexity index is 678. The Kier molecular flexibility index (Phi) is 4.49. The summed E-state index contributed by atoms with van der Waals surface area (Å²) in [5.41, 5.74) is -6.61. The van der Waals surface area contributed by atoms with Crippen molar-refractivity contribution in [1.82, 2.24) is 0 Å². The van der Waals surface area contributed by atoms with Gasteiger partial charge >= 0.3 is 15.6 Å². The third-order valence-corrected chi connectivity index (χ3v) is 6.38. The second kappa shape index (κ2) is 5.99. The van der Waals surface area contributed by atoms with Crippen molar-refractivity contribution in [3.63, 3.8) is 0 Å². The van der Waals surface area contributed by atoms with Gasteiger partial charge in [-0.2, -0.15) is 21.6 Å². The molecule has 0 N–H and O–H groups in total. The lowest BCUT2D eigenvalue weighted by atomic mass is 9.59. The van der Waals surface area contributed by atoms with Crippen LogP contribution in [0.25, 0.3) is 0 Å². The SMILES string of the molecule is C=CC[C@@]12C(OS(=O)(=O)C(F)(F)F)=CC[C@@H]1C[C@@H](C)CC21OCCO1. The number of rotatable bonds is 4. The van der Waals surface area contributed by atoms with Crippen LogP contribution in [0.15, 0.2) is 24.5 Å². The summed E-state index contributed by atoms with van der Waals surface area (Å²) in [5, 5.41) is 0. The number of hydrogen-bond donors (Lipinski definition) is 0. The molecule has 5 nitrogen and oxygen atoms in total. The fraction of sp³-hybridized carbons (Fsp3) is 0.750. The molecule has 0 aromatic heterocycles. The van der Waals surface area contributed by atoms with Gasteiger partial charge in [0.2, 0.25) is 0 Å². The summed E-state index contributed by atoms with van der Waals surface area (Å²) >= 11 is 0. The molecule has 2 fully saturated rings. The number of hydrogen-bond acceptors (Lipinski definition) is 5. The van der Waals surface area contributed by atoms with Gasteiger partial charge in [0.05, 0.1) is 18.6 Å². The van der Waals surface area contributed by atoms with E-state index >= 15 is 0 Å². The van der Waals surface area contributed by atoms with Gasteiger partial charge in [0, 0.05) is 6.42 Å². The van der Waals surface area contributed by atoms with Gasteiger partial charge in [-0.15, -0.1) is 6.58 Å². The molecule has 0 aromatic carbocycles. The Balaban J connectivity index is 2.06. The highest BCUT2D eigenvalue weighted by Crippen LogP contribution is 2.64. The summed E-state index contributed by atoms with van der Waals surface area (Å²) in [6.45, 7) is 6.33. The van der Waals surface area contributed by atoms with Gasteiger partial charge in [0.1, 0.15) is 5.76 Å². The zero-order chi connectivity index (χ0) is 18.5. The number of halogens is 3. The molecule has 1 aliphatic heterocycles. The molecular weight excluding hydrogens is 361 g/mol. The first-order valence-corrected chi connectivity index (χ1v) is 9.59. The topological polar surface area (TPSA) is 61.8 Å². The number of allylic oxidation sites excluding steroid dienone is 2. The van der Waals surface area contributed by atoms with Crippen LogP contribution < -0.4 is 0 Å². The van der Waals surface area contributed by atoms with E-state index in [9.17, 15) is 21.6 Å². The zero-order valence-corrected chi connectivity index (χ0v) is 14.7. The van der Waals surface area contributed by atoms with Crippen LogP contribution >= 0.6 is 0 Å². The zero-order valence-electron chi connectivity index (χ0n) is 13.8. The average Bonchev–Trinajstić information content (AvgIpc) is 3.07. The van der Waals surface area contributed by atoms with Gasteiger partial charge in [-0.25, -0.2) is 0 Å². The summed E-state index contributed by atoms with van der Waals surface area (Å²) in [6, 6.07) is 0. The molecule has 1 spiro atoms. The summed E-state index contributed by atoms with van der Waals surface area (Å²) in [5.74, 6) is -1.32. The van der Waals surface area contributed by atoms with Crippen LogP contribution in [0.1, 0.15) is 32.6 Å². The average molecular weight is 382 g/mol. The summed E-state index contributed by atoms with van der Waals surface area (Å²) < 4.78 is 78.1. The minimum Gasteiger partial charge on any atom is -0.380 e. The van der Waals surface area contributed by atoms with Crippen molar-refractivity contribution in [2.45, 2.75) is 43.9 Å². The van der Waals surface area contributed by atoms with Crippen molar-refractivity contribution in [2.24, 2.45) is 17.3 Å². The van der Waals surface area contributed by atoms with E-state index in [-0.39, 0.29) is 24.0 Å². The van der Waals surface area contributed by atoms with Crippen LogP contribution in [-0.4, -0.2) is 32.9 Å². The van der Waals surface area contributed by atoms with E-state index in [1.807, 2.05) is 6.92 Å². The lowest BCUT2D eigenvalue weighted by molar-refractivity contribution is -0.270. The fourth-order valence-electron chi connectivity index (χ4n) is 4.59. The van der Waals surface area contributed by atoms with Gasteiger partial charge in [-0.05, 0) is 37.2 Å². The monoisotopic (exact) mass is 382 g/mol. The van der Waals surface area contributed by atoms with E-state index in [1.54, 1.807) is 6.08 Å². The van der Waals surface area contributed by atoms with E-state index < -0.39 is 26.8 Å². The molecule has 142 valence electrons. The summed E-state index contributed by atoms with van der Waals surface area (Å²) in [7, 11) is -5.76. The molecule has 3 atom stereocenters. The van der Waals surface area contributed by atoms with Gasteiger partial charge < -0.3 is 13.7 Å². The van der Waals surface area contributed by atoms with Crippen LogP contribution in [-0.2, 0) is 23.8 Å². The third kappa shape index (κ3) is 2.71. The number of ether oxygens (including phenoxy) is 2. The highest BCUT2D eigenvalue weighted by Gasteiger charge is 2.67. The number of alkyl halides is 3. The van der Waals surface area contributed by atoms with E-state index in [4.69, 9.17) is 9.47 Å². The van der Waals surface area contributed by atoms with Crippen molar-refractivity contribution in [2.75, 3.05) is 13.2 Å². The smallest absolute Gasteiger partial charge is 0.380 e. The van der Waals surface area contributed by atoms with Crippen LogP contribution in [0, 0.1) is 17.3 Å². The van der Waals surface area contributed by atoms with Crippen molar-refractivity contribution < 1.29 is 35.2 Å². The Morgan fingerprint density at radius 2 is 2.04 bits per heavy atom. The Labute approximate surface area is 144 Å². The first kappa shape index (κ1) is 18.7. The van der Waals surface area contributed by atoms with Crippen LogP contribution in [0.5, 0.6) is 0 Å². The first-order chi connectivity index (χ1) is 11.6. The summed E-state index contributed by atoms with van der Waals surface area (Å²) in [4.78, 5) is 0. The van der Waals surface area contributed by atoms with Crippen LogP contribution in [0.3, 0.4) is 0 Å². The Morgan fingerprint density at radius 3 is 2.60 bits per heavy atom. The third-order valence-electron chi connectivity index (χ3n) is 5.41. The maximum absolute atomic E-state index is 12.8. The lowest BCUT2D eigenvalue weighted by Crippen LogP contribution is -2.57. The van der Waals surface area contributed by atoms with E-state index in [1.165, 1.54) is 6.08 Å². The van der Waals surface area contributed by atoms with Crippen LogP contribution in [0.2, 0.25) is 0 Å². The maximum atomic E-state index is 12.8. The molecule has 0 radical (unpaired) electrons. The van der Waals surface area contributed by atoms with Gasteiger partial charge in [-0.3, -0.25) is 0 Å².